The predicted octanol–water partition coefficient (Wildman–Crippen LogP) is 2.67. The van der Waals surface area contributed by atoms with Crippen LogP contribution in [-0.2, 0) is 16.5 Å². The summed E-state index contributed by atoms with van der Waals surface area (Å²) in [6, 6.07) is 7.13. The summed E-state index contributed by atoms with van der Waals surface area (Å²) < 4.78 is 40.2. The van der Waals surface area contributed by atoms with Crippen LogP contribution in [0.4, 0.5) is 0 Å². The van der Waals surface area contributed by atoms with Crippen molar-refractivity contribution < 1.29 is 42.6 Å². The Hall–Kier alpha value is -2.98. The van der Waals surface area contributed by atoms with Gasteiger partial charge in [-0.25, -0.2) is 0 Å². The number of hydrogen-bond donors (Lipinski definition) is 4. The number of phenolic OH excluding ortho intramolecular Hbond substituents is 3. The number of rotatable bonds is 11. The number of ketones is 1. The molecule has 9 nitrogen and oxygen atoms in total. The van der Waals surface area contributed by atoms with E-state index in [0.717, 1.165) is 0 Å². The second-order valence-electron chi connectivity index (χ2n) is 6.61. The quantitative estimate of drug-likeness (QED) is 0.235. The number of phenols is 3. The van der Waals surface area contributed by atoms with Gasteiger partial charge in [-0.05, 0) is 37.0 Å². The number of aryl methyl sites for hydroxylation is 1. The van der Waals surface area contributed by atoms with Crippen molar-refractivity contribution in [2.24, 2.45) is 0 Å². The standard InChI is InChI=1S/C20H24O9S/c1-28-19-7-5-13(10-16(19)22)4-6-15(21)20-17(23)11-14(12-18(20)24)29-8-2-3-9-30(25,26)27/h5,7,10-12,22-24H,2-4,6,8-9H2,1H3,(H,25,26,27). The van der Waals surface area contributed by atoms with Crippen LogP contribution in [0.15, 0.2) is 30.3 Å². The molecule has 164 valence electrons. The summed E-state index contributed by atoms with van der Waals surface area (Å²) >= 11 is 0. The average molecular weight is 440 g/mol. The molecule has 0 heterocycles. The van der Waals surface area contributed by atoms with Gasteiger partial charge in [-0.15, -0.1) is 0 Å². The van der Waals surface area contributed by atoms with E-state index in [9.17, 15) is 28.5 Å². The molecule has 0 bridgehead atoms. The summed E-state index contributed by atoms with van der Waals surface area (Å²) in [6.07, 6.45) is 0.787. The Kier molecular flexibility index (Phi) is 7.90. The molecule has 0 aromatic heterocycles. The molecule has 30 heavy (non-hydrogen) atoms. The van der Waals surface area contributed by atoms with Crippen molar-refractivity contribution in [2.75, 3.05) is 19.5 Å². The second-order valence-corrected chi connectivity index (χ2v) is 8.18. The number of carbonyl (C=O) groups excluding carboxylic acids is 1. The number of benzene rings is 2. The first-order chi connectivity index (χ1) is 14.1. The van der Waals surface area contributed by atoms with E-state index in [0.29, 0.717) is 17.7 Å². The van der Waals surface area contributed by atoms with Gasteiger partial charge in [0.1, 0.15) is 22.8 Å². The fourth-order valence-corrected chi connectivity index (χ4v) is 3.38. The summed E-state index contributed by atoms with van der Waals surface area (Å²) in [5, 5.41) is 30.1. The van der Waals surface area contributed by atoms with E-state index in [2.05, 4.69) is 0 Å². The van der Waals surface area contributed by atoms with E-state index < -0.39 is 27.4 Å². The fraction of sp³-hybridized carbons (Fsp3) is 0.350. The smallest absolute Gasteiger partial charge is 0.264 e. The summed E-state index contributed by atoms with van der Waals surface area (Å²) in [7, 11) is -2.60. The maximum Gasteiger partial charge on any atom is 0.264 e. The number of Topliss-reactive ketones (excluding diaryl/α,β-unsaturated/α-hetero) is 1. The van der Waals surface area contributed by atoms with Crippen LogP contribution < -0.4 is 9.47 Å². The van der Waals surface area contributed by atoms with Gasteiger partial charge in [-0.1, -0.05) is 6.07 Å². The third kappa shape index (κ3) is 6.82. The lowest BCUT2D eigenvalue weighted by atomic mass is 10.0. The molecule has 0 fully saturated rings. The number of aromatic hydroxyl groups is 3. The van der Waals surface area contributed by atoms with Crippen LogP contribution in [0.1, 0.15) is 35.2 Å². The Morgan fingerprint density at radius 2 is 1.67 bits per heavy atom. The summed E-state index contributed by atoms with van der Waals surface area (Å²) in [5.41, 5.74) is 0.455. The number of ether oxygens (including phenoxy) is 2. The van der Waals surface area contributed by atoms with Crippen molar-refractivity contribution in [1.29, 1.82) is 0 Å². The van der Waals surface area contributed by atoms with Crippen LogP contribution in [-0.4, -0.2) is 53.5 Å². The van der Waals surface area contributed by atoms with Crippen LogP contribution in [0.3, 0.4) is 0 Å². The van der Waals surface area contributed by atoms with Crippen LogP contribution in [0.2, 0.25) is 0 Å². The van der Waals surface area contributed by atoms with Crippen molar-refractivity contribution in [3.63, 3.8) is 0 Å². The topological polar surface area (TPSA) is 151 Å². The zero-order chi connectivity index (χ0) is 22.3. The minimum absolute atomic E-state index is 0.0112. The van der Waals surface area contributed by atoms with Gasteiger partial charge in [0, 0.05) is 18.6 Å². The highest BCUT2D eigenvalue weighted by Crippen LogP contribution is 2.34. The minimum Gasteiger partial charge on any atom is -0.507 e. The molecule has 10 heteroatoms. The number of unbranched alkanes of at least 4 members (excludes halogenated alkanes) is 1. The summed E-state index contributed by atoms with van der Waals surface area (Å²) in [4.78, 5) is 12.4. The van der Waals surface area contributed by atoms with Crippen molar-refractivity contribution in [3.05, 3.63) is 41.5 Å². The van der Waals surface area contributed by atoms with Crippen molar-refractivity contribution in [2.45, 2.75) is 25.7 Å². The zero-order valence-electron chi connectivity index (χ0n) is 16.4. The van der Waals surface area contributed by atoms with Gasteiger partial charge in [-0.2, -0.15) is 8.42 Å². The first-order valence-corrected chi connectivity index (χ1v) is 10.7. The Balaban J connectivity index is 1.95. The SMILES string of the molecule is COc1ccc(CCC(=O)c2c(O)cc(OCCCCS(=O)(=O)O)cc2O)cc1O. The van der Waals surface area contributed by atoms with E-state index >= 15 is 0 Å². The van der Waals surface area contributed by atoms with Crippen LogP contribution in [0, 0.1) is 0 Å². The van der Waals surface area contributed by atoms with Crippen molar-refractivity contribution in [1.82, 2.24) is 0 Å². The molecule has 0 radical (unpaired) electrons. The van der Waals surface area contributed by atoms with Gasteiger partial charge in [0.05, 0.1) is 19.5 Å². The van der Waals surface area contributed by atoms with Gasteiger partial charge in [0.15, 0.2) is 17.3 Å². The highest BCUT2D eigenvalue weighted by Gasteiger charge is 2.18. The molecule has 0 aliphatic rings. The number of carbonyl (C=O) groups is 1. The lowest BCUT2D eigenvalue weighted by Crippen LogP contribution is -2.06. The van der Waals surface area contributed by atoms with E-state index in [4.69, 9.17) is 14.0 Å². The highest BCUT2D eigenvalue weighted by molar-refractivity contribution is 7.85. The average Bonchev–Trinajstić information content (AvgIpc) is 2.64. The van der Waals surface area contributed by atoms with Crippen LogP contribution in [0.25, 0.3) is 0 Å². The lowest BCUT2D eigenvalue weighted by molar-refractivity contribution is 0.0977. The van der Waals surface area contributed by atoms with Crippen molar-refractivity contribution >= 4 is 15.9 Å². The Labute approximate surface area is 174 Å². The largest absolute Gasteiger partial charge is 0.507 e. The van der Waals surface area contributed by atoms with Gasteiger partial charge in [0.25, 0.3) is 10.1 Å². The molecule has 0 aliphatic carbocycles. The van der Waals surface area contributed by atoms with E-state index in [-0.39, 0.29) is 48.7 Å². The van der Waals surface area contributed by atoms with E-state index in [1.165, 1.54) is 25.3 Å². The normalized spacial score (nSPS) is 11.3. The van der Waals surface area contributed by atoms with E-state index in [1.807, 2.05) is 0 Å². The first-order valence-electron chi connectivity index (χ1n) is 9.13. The third-order valence-corrected chi connectivity index (χ3v) is 5.10. The van der Waals surface area contributed by atoms with E-state index in [1.54, 1.807) is 12.1 Å². The highest BCUT2D eigenvalue weighted by atomic mass is 32.2. The maximum atomic E-state index is 12.4. The Bertz CT molecular complexity index is 976. The monoisotopic (exact) mass is 440 g/mol. The Morgan fingerprint density at radius 1 is 1.00 bits per heavy atom. The lowest BCUT2D eigenvalue weighted by Gasteiger charge is -2.11. The van der Waals surface area contributed by atoms with Crippen molar-refractivity contribution in [3.8, 4) is 28.7 Å². The minimum atomic E-state index is -4.02. The number of hydrogen-bond acceptors (Lipinski definition) is 8. The number of methoxy groups -OCH3 is 1. The van der Waals surface area contributed by atoms with Crippen LogP contribution in [0.5, 0.6) is 28.7 Å². The molecule has 0 saturated heterocycles. The molecule has 2 aromatic carbocycles. The molecule has 0 saturated carbocycles. The fourth-order valence-electron chi connectivity index (χ4n) is 2.81. The summed E-state index contributed by atoms with van der Waals surface area (Å²) in [5.74, 6) is -1.36. The summed E-state index contributed by atoms with van der Waals surface area (Å²) in [6.45, 7) is 0.0999. The predicted molar refractivity (Wildman–Crippen MR) is 108 cm³/mol. The molecule has 0 unspecified atom stereocenters. The molecule has 0 amide bonds. The first kappa shape index (κ1) is 23.3. The molecule has 2 rings (SSSR count). The third-order valence-electron chi connectivity index (χ3n) is 4.30. The van der Waals surface area contributed by atoms with Gasteiger partial charge < -0.3 is 24.8 Å². The maximum absolute atomic E-state index is 12.4. The van der Waals surface area contributed by atoms with Crippen LogP contribution >= 0.6 is 0 Å². The second kappa shape index (κ2) is 10.2. The molecule has 4 N–H and O–H groups in total. The molecule has 0 spiro atoms. The van der Waals surface area contributed by atoms with Gasteiger partial charge in [0.2, 0.25) is 0 Å². The molecule has 2 aromatic rings. The Morgan fingerprint density at radius 3 is 2.23 bits per heavy atom. The molecule has 0 atom stereocenters. The van der Waals surface area contributed by atoms with Gasteiger partial charge >= 0.3 is 0 Å². The molecular formula is C20H24O9S. The van der Waals surface area contributed by atoms with Gasteiger partial charge in [-0.3, -0.25) is 9.35 Å². The molecule has 0 aliphatic heterocycles. The zero-order valence-corrected chi connectivity index (χ0v) is 17.2. The molecular weight excluding hydrogens is 416 g/mol.